The predicted octanol–water partition coefficient (Wildman–Crippen LogP) is 25.1. The fourth-order valence-corrected chi connectivity index (χ4v) is 11.8. The molecule has 0 aliphatic rings. The van der Waals surface area contributed by atoms with E-state index >= 15 is 0 Å². The molecule has 3 unspecified atom stereocenters. The first kappa shape index (κ1) is 89.6. The highest BCUT2D eigenvalue weighted by atomic mass is 31.2. The molecule has 0 heterocycles. The molecule has 0 rings (SSSR count). The Balaban J connectivity index is 4.09. The van der Waals surface area contributed by atoms with Gasteiger partial charge < -0.3 is 28.8 Å². The molecule has 0 aliphatic heterocycles. The van der Waals surface area contributed by atoms with Crippen molar-refractivity contribution < 1.29 is 32.9 Å². The molecule has 9 heteroatoms. The lowest BCUT2D eigenvalue weighted by Gasteiger charge is -2.29. The van der Waals surface area contributed by atoms with Gasteiger partial charge in [0.2, 0.25) is 5.91 Å². The zero-order valence-corrected chi connectivity index (χ0v) is 62.3. The van der Waals surface area contributed by atoms with E-state index in [-0.39, 0.29) is 19.1 Å². The molecule has 0 aromatic carbocycles. The van der Waals surface area contributed by atoms with E-state index in [1.165, 1.54) is 205 Å². The van der Waals surface area contributed by atoms with Gasteiger partial charge in [0, 0.05) is 6.42 Å². The highest BCUT2D eigenvalue weighted by molar-refractivity contribution is 7.45. The van der Waals surface area contributed by atoms with Crippen LogP contribution >= 0.6 is 7.82 Å². The normalized spacial score (nSPS) is 14.3. The number of nitrogens with one attached hydrogen (secondary N) is 1. The van der Waals surface area contributed by atoms with Gasteiger partial charge in [-0.25, -0.2) is 0 Å². The van der Waals surface area contributed by atoms with E-state index in [9.17, 15) is 19.4 Å². The molecule has 2 N–H and O–H groups in total. The Morgan fingerprint density at radius 3 is 0.957 bits per heavy atom. The summed E-state index contributed by atoms with van der Waals surface area (Å²) in [5.74, 6) is -0.207. The second kappa shape index (κ2) is 72.9. The lowest BCUT2D eigenvalue weighted by atomic mass is 10.0. The number of phosphoric ester groups is 1. The average molecular weight is 1310 g/mol. The highest BCUT2D eigenvalue weighted by Crippen LogP contribution is 2.38. The van der Waals surface area contributed by atoms with E-state index in [0.29, 0.717) is 17.4 Å². The molecule has 0 aliphatic carbocycles. The van der Waals surface area contributed by atoms with Crippen molar-refractivity contribution in [2.75, 3.05) is 40.9 Å². The van der Waals surface area contributed by atoms with Gasteiger partial charge in [0.25, 0.3) is 7.82 Å². The predicted molar refractivity (Wildman–Crippen MR) is 408 cm³/mol. The molecule has 93 heavy (non-hydrogen) atoms. The number of carbonyl (C=O) groups is 1. The molecule has 0 saturated heterocycles. The molecule has 0 aromatic heterocycles. The maximum absolute atomic E-state index is 13.1. The van der Waals surface area contributed by atoms with Crippen molar-refractivity contribution in [2.45, 2.75) is 353 Å². The first-order valence-electron chi connectivity index (χ1n) is 39.0. The van der Waals surface area contributed by atoms with Crippen LogP contribution in [0.15, 0.2) is 134 Å². The third kappa shape index (κ3) is 75.9. The molecule has 536 valence electrons. The van der Waals surface area contributed by atoms with E-state index in [1.54, 1.807) is 6.08 Å². The third-order valence-electron chi connectivity index (χ3n) is 17.1. The van der Waals surface area contributed by atoms with E-state index in [0.717, 1.165) is 116 Å². The van der Waals surface area contributed by atoms with Crippen molar-refractivity contribution in [3.8, 4) is 0 Å². The van der Waals surface area contributed by atoms with Crippen molar-refractivity contribution in [3.05, 3.63) is 134 Å². The number of phosphoric acid groups is 1. The molecule has 0 aromatic rings. The Morgan fingerprint density at radius 1 is 0.387 bits per heavy atom. The van der Waals surface area contributed by atoms with Crippen molar-refractivity contribution in [3.63, 3.8) is 0 Å². The van der Waals surface area contributed by atoms with Gasteiger partial charge in [0.05, 0.1) is 39.9 Å². The molecule has 1 amide bonds. The summed E-state index contributed by atoms with van der Waals surface area (Å²) in [6, 6.07) is -0.903. The maximum atomic E-state index is 13.1. The van der Waals surface area contributed by atoms with E-state index in [4.69, 9.17) is 9.05 Å². The van der Waals surface area contributed by atoms with Crippen LogP contribution in [0.1, 0.15) is 341 Å². The first-order chi connectivity index (χ1) is 45.5. The van der Waals surface area contributed by atoms with Crippen LogP contribution in [-0.2, 0) is 18.4 Å². The fourth-order valence-electron chi connectivity index (χ4n) is 11.1. The van der Waals surface area contributed by atoms with Crippen molar-refractivity contribution in [2.24, 2.45) is 0 Å². The van der Waals surface area contributed by atoms with Crippen molar-refractivity contribution >= 4 is 13.7 Å². The number of hydrogen-bond donors (Lipinski definition) is 2. The lowest BCUT2D eigenvalue weighted by Crippen LogP contribution is -2.45. The van der Waals surface area contributed by atoms with E-state index < -0.39 is 20.0 Å². The van der Waals surface area contributed by atoms with Crippen LogP contribution in [0.5, 0.6) is 0 Å². The zero-order valence-electron chi connectivity index (χ0n) is 61.4. The SMILES string of the molecule is CC/C=C\C/C=C\C/C=C\C/C=C\C/C=C\C/C=C\C/C=C\C/C=C\C/C=C\C/C=C\CCCCCCCCCCC(=O)NC(COP(=O)([O-])OCC[N+](C)(C)C)C(O)/C=C/CCCCCCCCCCCCCCCCCCCCCCCCCCCCCCCC. The maximum Gasteiger partial charge on any atom is 0.268 e. The quantitative estimate of drug-likeness (QED) is 0.0272. The second-order valence-electron chi connectivity index (χ2n) is 27.3. The summed E-state index contributed by atoms with van der Waals surface area (Å²) >= 11 is 0. The molecular weight excluding hydrogens is 1160 g/mol. The number of nitrogens with zero attached hydrogens (tertiary/aromatic N) is 1. The molecule has 0 fully saturated rings. The zero-order chi connectivity index (χ0) is 67.6. The van der Waals surface area contributed by atoms with Crippen LogP contribution in [0, 0.1) is 0 Å². The van der Waals surface area contributed by atoms with Gasteiger partial charge in [-0.05, 0) is 96.3 Å². The number of aliphatic hydroxyl groups excluding tert-OH is 1. The summed E-state index contributed by atoms with van der Waals surface area (Å²) < 4.78 is 23.5. The summed E-state index contributed by atoms with van der Waals surface area (Å²) in [6.45, 7) is 4.56. The monoisotopic (exact) mass is 1310 g/mol. The number of aliphatic hydroxyl groups is 1. The van der Waals surface area contributed by atoms with Gasteiger partial charge in [0.1, 0.15) is 13.2 Å². The van der Waals surface area contributed by atoms with Crippen molar-refractivity contribution in [1.29, 1.82) is 0 Å². The minimum atomic E-state index is -4.62. The van der Waals surface area contributed by atoms with Crippen molar-refractivity contribution in [1.82, 2.24) is 5.32 Å². The van der Waals surface area contributed by atoms with Crippen LogP contribution < -0.4 is 10.2 Å². The number of carbonyl (C=O) groups excluding carboxylic acids is 1. The van der Waals surface area contributed by atoms with Crippen LogP contribution in [0.25, 0.3) is 0 Å². The summed E-state index contributed by atoms with van der Waals surface area (Å²) in [7, 11) is 1.25. The Kier molecular flexibility index (Phi) is 70.3. The largest absolute Gasteiger partial charge is 0.756 e. The van der Waals surface area contributed by atoms with Gasteiger partial charge in [-0.3, -0.25) is 9.36 Å². The molecule has 3 atom stereocenters. The highest BCUT2D eigenvalue weighted by Gasteiger charge is 2.23. The molecule has 0 saturated carbocycles. The number of quaternary nitrogens is 1. The van der Waals surface area contributed by atoms with Gasteiger partial charge >= 0.3 is 0 Å². The van der Waals surface area contributed by atoms with Crippen LogP contribution in [-0.4, -0.2) is 68.5 Å². The number of rotatable bonds is 71. The number of amides is 1. The van der Waals surface area contributed by atoms with Gasteiger partial charge in [-0.1, -0.05) is 372 Å². The third-order valence-corrected chi connectivity index (χ3v) is 18.1. The van der Waals surface area contributed by atoms with Gasteiger partial charge in [-0.2, -0.15) is 0 Å². The molecule has 8 nitrogen and oxygen atoms in total. The van der Waals surface area contributed by atoms with E-state index in [1.807, 2.05) is 27.2 Å². The number of unbranched alkanes of at least 4 members (excludes halogenated alkanes) is 38. The Morgan fingerprint density at radius 2 is 0.656 bits per heavy atom. The second-order valence-corrected chi connectivity index (χ2v) is 28.7. The minimum absolute atomic E-state index is 0.00832. The Labute approximate surface area is 576 Å². The smallest absolute Gasteiger partial charge is 0.268 e. The summed E-state index contributed by atoms with van der Waals surface area (Å²) in [5.41, 5.74) is 0. The standard InChI is InChI=1S/C84H149N2O6P/c1-6-8-10-12-14-16-18-20-22-24-26-28-30-32-34-36-38-40-41-42-43-44-45-46-48-50-52-54-56-58-60-62-64-66-68-70-72-74-76-78-84(88)85-82(81-92-93(89,90)91-80-79-86(3,4)5)83(87)77-75-73-71-69-67-65-63-61-59-57-55-53-51-49-47-39-37-35-33-31-29-27-25-23-21-19-17-15-13-11-9-7-2/h8,10,14,16,20,22,26,28,32,34,38,40,42-43,45-46,50,52,56,58,75,77,82-83,87H,6-7,9,11-13,15,17-19,21,23-25,27,29-31,33,35-37,39,41,44,47-49,51,53-55,57,59-74,76,78-81H2,1-5H3,(H-,85,88,89,90)/b10-8-,16-14-,22-20-,28-26-,34-32-,40-38-,43-42-,46-45-,52-50-,58-56-,77-75+. The van der Waals surface area contributed by atoms with Crippen LogP contribution in [0.2, 0.25) is 0 Å². The number of hydrogen-bond acceptors (Lipinski definition) is 6. The molecular formula is C84H149N2O6P. The van der Waals surface area contributed by atoms with Crippen LogP contribution in [0.4, 0.5) is 0 Å². The summed E-state index contributed by atoms with van der Waals surface area (Å²) in [6.07, 6.45) is 110. The Hall–Kier alpha value is -3.36. The lowest BCUT2D eigenvalue weighted by molar-refractivity contribution is -0.870. The minimum Gasteiger partial charge on any atom is -0.756 e. The van der Waals surface area contributed by atoms with E-state index in [2.05, 4.69) is 141 Å². The number of likely N-dealkylation sites (N-methyl/N-ethyl adjacent to an activating group) is 1. The fraction of sp³-hybridized carbons (Fsp3) is 0.726. The average Bonchev–Trinajstić information content (AvgIpc) is 1.94. The summed E-state index contributed by atoms with van der Waals surface area (Å²) in [4.78, 5) is 25.7. The molecule has 0 spiro atoms. The first-order valence-corrected chi connectivity index (χ1v) is 40.5. The number of allylic oxidation sites excluding steroid dienone is 21. The molecule has 0 radical (unpaired) electrons. The molecule has 0 bridgehead atoms. The van der Waals surface area contributed by atoms with Crippen LogP contribution in [0.3, 0.4) is 0 Å². The Bertz CT molecular complexity index is 1990. The van der Waals surface area contributed by atoms with Gasteiger partial charge in [0.15, 0.2) is 0 Å². The topological polar surface area (TPSA) is 108 Å². The van der Waals surface area contributed by atoms with Gasteiger partial charge in [-0.15, -0.1) is 0 Å². The summed E-state index contributed by atoms with van der Waals surface area (Å²) in [5, 5.41) is 14.0.